The predicted molar refractivity (Wildman–Crippen MR) is 141 cm³/mol. The van der Waals surface area contributed by atoms with Crippen molar-refractivity contribution >= 4 is 39.4 Å². The van der Waals surface area contributed by atoms with E-state index in [1.165, 1.54) is 24.4 Å². The van der Waals surface area contributed by atoms with Crippen molar-refractivity contribution < 1.29 is 22.2 Å². The number of carbonyl (C=O) groups excluding carboxylic acids is 2. The zero-order valence-corrected chi connectivity index (χ0v) is 21.8. The lowest BCUT2D eigenvalue weighted by molar-refractivity contribution is 0.0948. The van der Waals surface area contributed by atoms with Crippen LogP contribution in [-0.4, -0.2) is 42.5 Å². The number of rotatable bonds is 11. The van der Waals surface area contributed by atoms with E-state index < -0.39 is 21.9 Å². The van der Waals surface area contributed by atoms with E-state index >= 15 is 0 Å². The normalized spacial score (nSPS) is 12.0. The van der Waals surface area contributed by atoms with Crippen LogP contribution in [0.3, 0.4) is 0 Å². The van der Waals surface area contributed by atoms with Crippen molar-refractivity contribution in [3.8, 4) is 5.75 Å². The molecule has 0 saturated carbocycles. The van der Waals surface area contributed by atoms with Crippen LogP contribution in [0, 0.1) is 5.92 Å². The molecule has 1 unspecified atom stereocenters. The van der Waals surface area contributed by atoms with Gasteiger partial charge in [0.2, 0.25) is 5.95 Å². The Kier molecular flexibility index (Phi) is 8.66. The molecule has 12 heteroatoms. The standard InChI is InChI=1S/C25H30N6O5S/c1-15(2)16(3)29-23-20(22(26)32)14-28-25(31-23)30-18-10-11-21(36-37(4,34)35)19(12-18)24(33)27-13-17-8-6-5-7-9-17/h5-12,14-16H,13H2,1-4H3,(H2,26,32)(H,27,33)(H2,28,29,30,31). The van der Waals surface area contributed by atoms with Crippen LogP contribution in [0.5, 0.6) is 5.75 Å². The molecule has 2 amide bonds. The highest BCUT2D eigenvalue weighted by atomic mass is 32.2. The first-order chi connectivity index (χ1) is 17.4. The number of carbonyl (C=O) groups is 2. The van der Waals surface area contributed by atoms with Crippen molar-refractivity contribution in [2.75, 3.05) is 16.9 Å². The first-order valence-corrected chi connectivity index (χ1v) is 13.3. The molecule has 0 bridgehead atoms. The summed E-state index contributed by atoms with van der Waals surface area (Å²) in [4.78, 5) is 33.4. The van der Waals surface area contributed by atoms with Gasteiger partial charge in [0.15, 0.2) is 5.75 Å². The van der Waals surface area contributed by atoms with Gasteiger partial charge in [-0.15, -0.1) is 0 Å². The summed E-state index contributed by atoms with van der Waals surface area (Å²) in [7, 11) is -3.89. The molecule has 5 N–H and O–H groups in total. The van der Waals surface area contributed by atoms with Gasteiger partial charge in [0.05, 0.1) is 17.4 Å². The lowest BCUT2D eigenvalue weighted by Crippen LogP contribution is -2.25. The molecule has 3 aromatic rings. The van der Waals surface area contributed by atoms with Crippen LogP contribution in [0.1, 0.15) is 47.1 Å². The zero-order valence-electron chi connectivity index (χ0n) is 21.0. The van der Waals surface area contributed by atoms with E-state index in [2.05, 4.69) is 25.9 Å². The Morgan fingerprint density at radius 3 is 2.38 bits per heavy atom. The number of aromatic nitrogens is 2. The van der Waals surface area contributed by atoms with Crippen LogP contribution in [0.25, 0.3) is 0 Å². The second-order valence-electron chi connectivity index (χ2n) is 8.79. The van der Waals surface area contributed by atoms with Crippen LogP contribution in [0.2, 0.25) is 0 Å². The Bertz CT molecular complexity index is 1380. The first-order valence-electron chi connectivity index (χ1n) is 11.5. The van der Waals surface area contributed by atoms with E-state index in [9.17, 15) is 18.0 Å². The minimum absolute atomic E-state index is 0.00631. The van der Waals surface area contributed by atoms with Crippen LogP contribution in [-0.2, 0) is 16.7 Å². The molecule has 0 fully saturated rings. The second-order valence-corrected chi connectivity index (χ2v) is 10.4. The van der Waals surface area contributed by atoms with Crippen LogP contribution < -0.4 is 25.9 Å². The Morgan fingerprint density at radius 2 is 1.76 bits per heavy atom. The number of nitrogens with one attached hydrogen (secondary N) is 3. The quantitative estimate of drug-likeness (QED) is 0.275. The van der Waals surface area contributed by atoms with E-state index in [1.807, 2.05) is 51.1 Å². The van der Waals surface area contributed by atoms with E-state index in [-0.39, 0.29) is 47.1 Å². The summed E-state index contributed by atoms with van der Waals surface area (Å²) in [6.07, 6.45) is 2.20. The number of primary amides is 1. The number of amides is 2. The molecule has 0 saturated heterocycles. The number of nitrogens with zero attached hydrogens (tertiary/aromatic N) is 2. The molecule has 196 valence electrons. The molecule has 1 heterocycles. The summed E-state index contributed by atoms with van der Waals surface area (Å²) in [5, 5.41) is 8.90. The molecule has 2 aromatic carbocycles. The molecular formula is C25H30N6O5S. The number of hydrogen-bond acceptors (Lipinski definition) is 9. The number of benzene rings is 2. The van der Waals surface area contributed by atoms with E-state index in [4.69, 9.17) is 9.92 Å². The van der Waals surface area contributed by atoms with Gasteiger partial charge in [-0.1, -0.05) is 44.2 Å². The van der Waals surface area contributed by atoms with Crippen molar-refractivity contribution in [2.45, 2.75) is 33.4 Å². The zero-order chi connectivity index (χ0) is 27.2. The number of anilines is 3. The summed E-state index contributed by atoms with van der Waals surface area (Å²) in [5.74, 6) is -0.683. The van der Waals surface area contributed by atoms with E-state index in [0.29, 0.717) is 5.69 Å². The molecular weight excluding hydrogens is 496 g/mol. The highest BCUT2D eigenvalue weighted by Crippen LogP contribution is 2.26. The largest absolute Gasteiger partial charge is 0.382 e. The summed E-state index contributed by atoms with van der Waals surface area (Å²) in [6, 6.07) is 13.6. The summed E-state index contributed by atoms with van der Waals surface area (Å²) in [6.45, 7) is 6.22. The second kappa shape index (κ2) is 11.7. The summed E-state index contributed by atoms with van der Waals surface area (Å²) < 4.78 is 28.5. The van der Waals surface area contributed by atoms with Crippen LogP contribution >= 0.6 is 0 Å². The van der Waals surface area contributed by atoms with Gasteiger partial charge in [-0.2, -0.15) is 13.4 Å². The van der Waals surface area contributed by atoms with Gasteiger partial charge in [0.1, 0.15) is 5.82 Å². The van der Waals surface area contributed by atoms with Crippen molar-refractivity contribution in [3.63, 3.8) is 0 Å². The van der Waals surface area contributed by atoms with E-state index in [0.717, 1.165) is 11.8 Å². The average Bonchev–Trinajstić information content (AvgIpc) is 2.83. The van der Waals surface area contributed by atoms with E-state index in [1.54, 1.807) is 0 Å². The molecule has 0 spiro atoms. The fourth-order valence-electron chi connectivity index (χ4n) is 3.14. The molecule has 0 aliphatic carbocycles. The third kappa shape index (κ3) is 7.90. The lowest BCUT2D eigenvalue weighted by Gasteiger charge is -2.20. The molecule has 1 atom stereocenters. The van der Waals surface area contributed by atoms with Crippen LogP contribution in [0.15, 0.2) is 54.7 Å². The van der Waals surface area contributed by atoms with Gasteiger partial charge in [-0.25, -0.2) is 4.98 Å². The van der Waals surface area contributed by atoms with Gasteiger partial charge < -0.3 is 25.9 Å². The Hall–Kier alpha value is -4.19. The summed E-state index contributed by atoms with van der Waals surface area (Å²) in [5.41, 5.74) is 6.86. The number of nitrogens with two attached hydrogens (primary N) is 1. The molecule has 0 aliphatic rings. The Morgan fingerprint density at radius 1 is 1.05 bits per heavy atom. The molecule has 0 radical (unpaired) electrons. The fraction of sp³-hybridized carbons (Fsp3) is 0.280. The fourth-order valence-corrected chi connectivity index (χ4v) is 3.61. The Labute approximate surface area is 216 Å². The van der Waals surface area contributed by atoms with Gasteiger partial charge in [0, 0.05) is 24.5 Å². The third-order valence-electron chi connectivity index (χ3n) is 5.44. The molecule has 0 aliphatic heterocycles. The predicted octanol–water partition coefficient (Wildman–Crippen LogP) is 3.04. The van der Waals surface area contributed by atoms with Gasteiger partial charge in [-0.05, 0) is 36.6 Å². The van der Waals surface area contributed by atoms with Crippen molar-refractivity contribution in [1.82, 2.24) is 15.3 Å². The molecule has 37 heavy (non-hydrogen) atoms. The maximum Gasteiger partial charge on any atom is 0.306 e. The topological polar surface area (TPSA) is 165 Å². The number of hydrogen-bond donors (Lipinski definition) is 4. The maximum atomic E-state index is 13.0. The molecule has 3 rings (SSSR count). The smallest absolute Gasteiger partial charge is 0.306 e. The van der Waals surface area contributed by atoms with Crippen molar-refractivity contribution in [1.29, 1.82) is 0 Å². The van der Waals surface area contributed by atoms with Gasteiger partial charge >= 0.3 is 10.1 Å². The monoisotopic (exact) mass is 526 g/mol. The minimum Gasteiger partial charge on any atom is -0.382 e. The third-order valence-corrected chi connectivity index (χ3v) is 5.92. The first kappa shape index (κ1) is 27.4. The maximum absolute atomic E-state index is 13.0. The van der Waals surface area contributed by atoms with Gasteiger partial charge in [0.25, 0.3) is 11.8 Å². The average molecular weight is 527 g/mol. The van der Waals surface area contributed by atoms with Crippen LogP contribution in [0.4, 0.5) is 17.5 Å². The minimum atomic E-state index is -3.89. The molecule has 11 nitrogen and oxygen atoms in total. The lowest BCUT2D eigenvalue weighted by atomic mass is 10.1. The SMILES string of the molecule is CC(C)C(C)Nc1nc(Nc2ccc(OS(C)(=O)=O)c(C(=O)NCc3ccccc3)c2)ncc1C(N)=O. The molecule has 1 aromatic heterocycles. The van der Waals surface area contributed by atoms with Gasteiger partial charge in [-0.3, -0.25) is 9.59 Å². The Balaban J connectivity index is 1.90. The summed E-state index contributed by atoms with van der Waals surface area (Å²) >= 11 is 0. The van der Waals surface area contributed by atoms with Crippen molar-refractivity contribution in [3.05, 3.63) is 71.4 Å². The highest BCUT2D eigenvalue weighted by molar-refractivity contribution is 7.86. The van der Waals surface area contributed by atoms with Crippen molar-refractivity contribution in [2.24, 2.45) is 11.7 Å². The highest BCUT2D eigenvalue weighted by Gasteiger charge is 2.19.